The highest BCUT2D eigenvalue weighted by Gasteiger charge is 2.25. The van der Waals surface area contributed by atoms with Crippen LogP contribution in [0.2, 0.25) is 0 Å². The maximum absolute atomic E-state index is 5.00. The van der Waals surface area contributed by atoms with E-state index in [4.69, 9.17) is 9.97 Å². The van der Waals surface area contributed by atoms with Gasteiger partial charge in [-0.25, -0.2) is 9.97 Å². The average Bonchev–Trinajstić information content (AvgIpc) is 3.07. The van der Waals surface area contributed by atoms with Gasteiger partial charge in [-0.15, -0.1) is 0 Å². The summed E-state index contributed by atoms with van der Waals surface area (Å²) in [6, 6.07) is 14.8. The Labute approximate surface area is 154 Å². The van der Waals surface area contributed by atoms with Crippen LogP contribution in [0.3, 0.4) is 0 Å². The Balaban J connectivity index is 1.54. The molecule has 2 aliphatic rings. The lowest BCUT2D eigenvalue weighted by Crippen LogP contribution is -2.28. The van der Waals surface area contributed by atoms with Gasteiger partial charge in [-0.05, 0) is 55.4 Å². The van der Waals surface area contributed by atoms with Crippen molar-refractivity contribution in [1.82, 2.24) is 15.0 Å². The van der Waals surface area contributed by atoms with Crippen LogP contribution in [0.5, 0.6) is 0 Å². The second kappa shape index (κ2) is 6.52. The zero-order valence-electron chi connectivity index (χ0n) is 14.9. The van der Waals surface area contributed by atoms with Gasteiger partial charge in [-0.2, -0.15) is 0 Å². The van der Waals surface area contributed by atoms with Gasteiger partial charge in [0.25, 0.3) is 0 Å². The number of anilines is 1. The van der Waals surface area contributed by atoms with Gasteiger partial charge in [0.2, 0.25) is 0 Å². The Morgan fingerprint density at radius 1 is 0.769 bits per heavy atom. The fraction of sp³-hybridized carbons (Fsp3) is 0.318. The van der Waals surface area contributed by atoms with Gasteiger partial charge in [0, 0.05) is 30.5 Å². The maximum atomic E-state index is 5.00. The number of fused-ring (bicyclic) bond motifs is 2. The molecule has 0 saturated heterocycles. The number of aryl methyl sites for hydroxylation is 1. The summed E-state index contributed by atoms with van der Waals surface area (Å²) >= 11 is 0. The molecule has 0 spiro atoms. The first-order valence-electron chi connectivity index (χ1n) is 9.51. The maximum Gasteiger partial charge on any atom is 0.180 e. The van der Waals surface area contributed by atoms with E-state index >= 15 is 0 Å². The van der Waals surface area contributed by atoms with Crippen molar-refractivity contribution in [3.05, 3.63) is 71.0 Å². The molecule has 26 heavy (non-hydrogen) atoms. The largest absolute Gasteiger partial charge is 0.356 e. The van der Waals surface area contributed by atoms with E-state index in [1.807, 2.05) is 24.4 Å². The van der Waals surface area contributed by atoms with Crippen molar-refractivity contribution in [3.8, 4) is 11.5 Å². The Kier molecular flexibility index (Phi) is 3.89. The van der Waals surface area contributed by atoms with Crippen LogP contribution in [-0.4, -0.2) is 28.0 Å². The fourth-order valence-electron chi connectivity index (χ4n) is 4.16. The van der Waals surface area contributed by atoms with Crippen LogP contribution in [0.1, 0.15) is 28.8 Å². The van der Waals surface area contributed by atoms with E-state index in [0.717, 1.165) is 56.1 Å². The van der Waals surface area contributed by atoms with Crippen molar-refractivity contribution in [3.63, 3.8) is 0 Å². The van der Waals surface area contributed by atoms with Crippen molar-refractivity contribution >= 4 is 5.82 Å². The first-order valence-corrected chi connectivity index (χ1v) is 9.51. The van der Waals surface area contributed by atoms with Crippen LogP contribution in [0.15, 0.2) is 48.7 Å². The molecule has 130 valence electrons. The third kappa shape index (κ3) is 2.75. The van der Waals surface area contributed by atoms with E-state index in [1.54, 1.807) is 0 Å². The summed E-state index contributed by atoms with van der Waals surface area (Å²) in [7, 11) is 0. The number of hydrogen-bond donors (Lipinski definition) is 0. The monoisotopic (exact) mass is 342 g/mol. The number of hydrogen-bond acceptors (Lipinski definition) is 4. The quantitative estimate of drug-likeness (QED) is 0.713. The van der Waals surface area contributed by atoms with Crippen LogP contribution in [0.4, 0.5) is 5.82 Å². The number of benzene rings is 1. The molecule has 0 unspecified atom stereocenters. The molecular weight excluding hydrogens is 320 g/mol. The first kappa shape index (κ1) is 15.5. The summed E-state index contributed by atoms with van der Waals surface area (Å²) in [5.41, 5.74) is 6.39. The Morgan fingerprint density at radius 2 is 1.54 bits per heavy atom. The van der Waals surface area contributed by atoms with Crippen LogP contribution in [0.25, 0.3) is 11.5 Å². The summed E-state index contributed by atoms with van der Waals surface area (Å²) in [4.78, 5) is 16.8. The van der Waals surface area contributed by atoms with Crippen molar-refractivity contribution in [2.75, 3.05) is 18.0 Å². The first-order chi connectivity index (χ1) is 12.9. The molecule has 0 N–H and O–H groups in total. The van der Waals surface area contributed by atoms with Crippen LogP contribution >= 0.6 is 0 Å². The third-order valence-corrected chi connectivity index (χ3v) is 5.53. The minimum atomic E-state index is 0.767. The van der Waals surface area contributed by atoms with Gasteiger partial charge in [0.05, 0.1) is 0 Å². The highest BCUT2D eigenvalue weighted by Crippen LogP contribution is 2.32. The highest BCUT2D eigenvalue weighted by molar-refractivity contribution is 5.59. The molecule has 3 aromatic rings. The highest BCUT2D eigenvalue weighted by atomic mass is 15.2. The van der Waals surface area contributed by atoms with E-state index in [1.165, 1.54) is 28.8 Å². The molecule has 2 aromatic heterocycles. The predicted molar refractivity (Wildman–Crippen MR) is 103 cm³/mol. The van der Waals surface area contributed by atoms with Crippen LogP contribution in [-0.2, 0) is 25.7 Å². The van der Waals surface area contributed by atoms with Crippen molar-refractivity contribution in [2.45, 2.75) is 32.1 Å². The molecule has 0 saturated carbocycles. The predicted octanol–water partition coefficient (Wildman–Crippen LogP) is 3.63. The number of aromatic nitrogens is 3. The molecule has 1 aliphatic carbocycles. The third-order valence-electron chi connectivity index (χ3n) is 5.53. The van der Waals surface area contributed by atoms with E-state index in [0.29, 0.717) is 0 Å². The molecular formula is C22H22N4. The topological polar surface area (TPSA) is 41.9 Å². The molecule has 4 nitrogen and oxygen atoms in total. The van der Waals surface area contributed by atoms with Crippen LogP contribution in [0, 0.1) is 0 Å². The van der Waals surface area contributed by atoms with E-state index < -0.39 is 0 Å². The number of rotatable bonds is 2. The Hall–Kier alpha value is -2.75. The Bertz CT molecular complexity index is 909. The van der Waals surface area contributed by atoms with Gasteiger partial charge in [-0.3, -0.25) is 4.98 Å². The second-order valence-corrected chi connectivity index (χ2v) is 7.12. The fourth-order valence-corrected chi connectivity index (χ4v) is 4.16. The minimum Gasteiger partial charge on any atom is -0.356 e. The van der Waals surface area contributed by atoms with Crippen LogP contribution < -0.4 is 4.90 Å². The number of nitrogens with zero attached hydrogens (tertiary/aromatic N) is 4. The summed E-state index contributed by atoms with van der Waals surface area (Å²) in [6.45, 7) is 2.03. The van der Waals surface area contributed by atoms with Gasteiger partial charge in [0.15, 0.2) is 5.82 Å². The number of pyridine rings is 1. The second-order valence-electron chi connectivity index (χ2n) is 7.12. The lowest BCUT2D eigenvalue weighted by atomic mass is 10.0. The zero-order valence-corrected chi connectivity index (χ0v) is 14.9. The molecule has 0 bridgehead atoms. The molecule has 1 aliphatic heterocycles. The van der Waals surface area contributed by atoms with Gasteiger partial charge in [0.1, 0.15) is 11.5 Å². The minimum absolute atomic E-state index is 0.767. The molecule has 0 radical (unpaired) electrons. The Morgan fingerprint density at radius 3 is 2.27 bits per heavy atom. The van der Waals surface area contributed by atoms with Crippen molar-refractivity contribution < 1.29 is 0 Å². The molecule has 0 amide bonds. The lowest BCUT2D eigenvalue weighted by molar-refractivity contribution is 0.780. The molecule has 0 atom stereocenters. The van der Waals surface area contributed by atoms with Gasteiger partial charge < -0.3 is 4.90 Å². The molecule has 1 aromatic carbocycles. The molecule has 3 heterocycles. The smallest absolute Gasteiger partial charge is 0.180 e. The average molecular weight is 342 g/mol. The lowest BCUT2D eigenvalue weighted by Gasteiger charge is -2.24. The molecule has 0 fully saturated rings. The SMILES string of the molecule is c1ccc(-c2nc3c(c(N4CCc5ccccc5CC4)n2)CCC3)nc1. The van der Waals surface area contributed by atoms with E-state index in [9.17, 15) is 0 Å². The van der Waals surface area contributed by atoms with Gasteiger partial charge >= 0.3 is 0 Å². The summed E-state index contributed by atoms with van der Waals surface area (Å²) in [5.74, 6) is 1.91. The molecule has 5 rings (SSSR count). The van der Waals surface area contributed by atoms with Crippen molar-refractivity contribution in [1.29, 1.82) is 0 Å². The molecule has 4 heteroatoms. The van der Waals surface area contributed by atoms with E-state index in [-0.39, 0.29) is 0 Å². The summed E-state index contributed by atoms with van der Waals surface area (Å²) < 4.78 is 0. The summed E-state index contributed by atoms with van der Waals surface area (Å²) in [5, 5.41) is 0. The zero-order chi connectivity index (χ0) is 17.3. The van der Waals surface area contributed by atoms with E-state index in [2.05, 4.69) is 34.1 Å². The summed E-state index contributed by atoms with van der Waals surface area (Å²) in [6.07, 6.45) is 7.29. The van der Waals surface area contributed by atoms with Gasteiger partial charge in [-0.1, -0.05) is 30.3 Å². The normalized spacial score (nSPS) is 16.1. The van der Waals surface area contributed by atoms with Crippen molar-refractivity contribution in [2.24, 2.45) is 0 Å². The standard InChI is InChI=1S/C22H22N4/c1-2-7-17-12-15-26(14-11-16(17)6-1)22-18-8-5-10-19(18)24-21(25-22)20-9-3-4-13-23-20/h1-4,6-7,9,13H,5,8,10-12,14-15H2.